The average Bonchev–Trinajstić information content (AvgIpc) is 2.29. The molecule has 2 aromatic rings. The molecule has 0 spiro atoms. The monoisotopic (exact) mass is 345 g/mol. The van der Waals surface area contributed by atoms with Crippen LogP contribution in [0.3, 0.4) is 0 Å². The predicted octanol–water partition coefficient (Wildman–Crippen LogP) is 5.56. The highest BCUT2D eigenvalue weighted by Gasteiger charge is 2.08. The van der Waals surface area contributed by atoms with Gasteiger partial charge in [-0.15, -0.1) is 0 Å². The lowest BCUT2D eigenvalue weighted by molar-refractivity contribution is 0.459. The maximum absolute atomic E-state index is 6.11. The van der Waals surface area contributed by atoms with Crippen LogP contribution in [0.5, 0.6) is 11.6 Å². The van der Waals surface area contributed by atoms with Gasteiger partial charge < -0.3 is 4.74 Å². The fraction of sp³-hybridized carbons (Fsp3) is 0.154. The highest BCUT2D eigenvalue weighted by atomic mass is 79.9. The lowest BCUT2D eigenvalue weighted by atomic mass is 10.1. The van der Waals surface area contributed by atoms with Crippen LogP contribution < -0.4 is 4.74 Å². The van der Waals surface area contributed by atoms with Gasteiger partial charge in [0.15, 0.2) is 0 Å². The van der Waals surface area contributed by atoms with Crippen molar-refractivity contribution in [2.45, 2.75) is 13.8 Å². The first kappa shape index (κ1) is 13.7. The van der Waals surface area contributed by atoms with Gasteiger partial charge in [-0.2, -0.15) is 0 Å². The zero-order valence-corrected chi connectivity index (χ0v) is 12.9. The lowest BCUT2D eigenvalue weighted by Crippen LogP contribution is -1.91. The van der Waals surface area contributed by atoms with Crippen LogP contribution in [0.25, 0.3) is 0 Å². The Hall–Kier alpha value is -0.770. The van der Waals surface area contributed by atoms with E-state index in [1.807, 2.05) is 26.0 Å². The van der Waals surface area contributed by atoms with E-state index >= 15 is 0 Å². The van der Waals surface area contributed by atoms with Crippen molar-refractivity contribution >= 4 is 39.1 Å². The Bertz CT molecular complexity index is 579. The zero-order valence-electron chi connectivity index (χ0n) is 9.80. The summed E-state index contributed by atoms with van der Waals surface area (Å²) >= 11 is 15.3. The third-order valence-electron chi connectivity index (χ3n) is 2.40. The summed E-state index contributed by atoms with van der Waals surface area (Å²) in [6.45, 7) is 3.87. The molecule has 0 N–H and O–H groups in total. The Kier molecular flexibility index (Phi) is 4.15. The second-order valence-corrected chi connectivity index (χ2v) is 5.58. The highest BCUT2D eigenvalue weighted by molar-refractivity contribution is 9.10. The molecule has 0 unspecified atom stereocenters. The topological polar surface area (TPSA) is 22.1 Å². The van der Waals surface area contributed by atoms with E-state index in [9.17, 15) is 0 Å². The number of hydrogen-bond donors (Lipinski definition) is 0. The van der Waals surface area contributed by atoms with Gasteiger partial charge in [0.1, 0.15) is 5.75 Å². The standard InChI is InChI=1S/C13H10BrCl2NO/c1-7-3-10(4-8(2)12(7)16)18-13-11(14)5-9(15)6-17-13/h3-6H,1-2H3. The molecule has 0 bridgehead atoms. The summed E-state index contributed by atoms with van der Waals surface area (Å²) in [4.78, 5) is 4.12. The van der Waals surface area contributed by atoms with Crippen LogP contribution in [0.2, 0.25) is 10.0 Å². The zero-order chi connectivity index (χ0) is 13.3. The third-order valence-corrected chi connectivity index (χ3v) is 3.77. The van der Waals surface area contributed by atoms with Crippen LogP contribution in [0.4, 0.5) is 0 Å². The first-order valence-corrected chi connectivity index (χ1v) is 6.78. The van der Waals surface area contributed by atoms with E-state index in [2.05, 4.69) is 20.9 Å². The Morgan fingerprint density at radius 3 is 2.28 bits per heavy atom. The van der Waals surface area contributed by atoms with Crippen molar-refractivity contribution in [3.8, 4) is 11.6 Å². The summed E-state index contributed by atoms with van der Waals surface area (Å²) in [6, 6.07) is 5.48. The van der Waals surface area contributed by atoms with Crippen molar-refractivity contribution in [3.63, 3.8) is 0 Å². The van der Waals surface area contributed by atoms with Crippen molar-refractivity contribution in [2.24, 2.45) is 0 Å². The van der Waals surface area contributed by atoms with Crippen molar-refractivity contribution in [3.05, 3.63) is 50.0 Å². The van der Waals surface area contributed by atoms with Crippen LogP contribution in [0.15, 0.2) is 28.9 Å². The number of pyridine rings is 1. The fourth-order valence-corrected chi connectivity index (χ4v) is 2.38. The fourth-order valence-electron chi connectivity index (χ4n) is 1.55. The molecule has 0 atom stereocenters. The first-order valence-electron chi connectivity index (χ1n) is 5.23. The number of aromatic nitrogens is 1. The molecule has 94 valence electrons. The van der Waals surface area contributed by atoms with Crippen LogP contribution in [-0.4, -0.2) is 4.98 Å². The molecule has 2 nitrogen and oxygen atoms in total. The van der Waals surface area contributed by atoms with Crippen molar-refractivity contribution < 1.29 is 4.74 Å². The summed E-state index contributed by atoms with van der Waals surface area (Å²) < 4.78 is 6.41. The molecular formula is C13H10BrCl2NO. The third kappa shape index (κ3) is 2.97. The summed E-state index contributed by atoms with van der Waals surface area (Å²) in [5.74, 6) is 1.17. The van der Waals surface area contributed by atoms with E-state index in [-0.39, 0.29) is 0 Å². The van der Waals surface area contributed by atoms with Gasteiger partial charge >= 0.3 is 0 Å². The van der Waals surface area contributed by atoms with E-state index in [1.54, 1.807) is 6.07 Å². The van der Waals surface area contributed by atoms with Gasteiger partial charge in [-0.25, -0.2) is 4.98 Å². The normalized spacial score (nSPS) is 10.5. The molecule has 0 aliphatic heterocycles. The van der Waals surface area contributed by atoms with Gasteiger partial charge in [0.25, 0.3) is 0 Å². The van der Waals surface area contributed by atoms with Gasteiger partial charge in [-0.05, 0) is 59.1 Å². The number of benzene rings is 1. The van der Waals surface area contributed by atoms with E-state index in [0.717, 1.165) is 16.1 Å². The van der Waals surface area contributed by atoms with E-state index in [1.165, 1.54) is 6.20 Å². The van der Waals surface area contributed by atoms with Gasteiger partial charge in [-0.1, -0.05) is 23.2 Å². The number of rotatable bonds is 2. The van der Waals surface area contributed by atoms with Crippen LogP contribution in [0.1, 0.15) is 11.1 Å². The molecule has 0 aliphatic carbocycles. The molecule has 1 aromatic heterocycles. The molecular weight excluding hydrogens is 337 g/mol. The molecule has 0 amide bonds. The second kappa shape index (κ2) is 5.47. The minimum atomic E-state index is 0.473. The van der Waals surface area contributed by atoms with E-state index < -0.39 is 0 Å². The number of halogens is 3. The number of nitrogens with zero attached hydrogens (tertiary/aromatic N) is 1. The number of ether oxygens (including phenoxy) is 1. The van der Waals surface area contributed by atoms with Gasteiger partial charge in [0, 0.05) is 11.2 Å². The van der Waals surface area contributed by atoms with E-state index in [4.69, 9.17) is 27.9 Å². The maximum atomic E-state index is 6.11. The van der Waals surface area contributed by atoms with Crippen LogP contribution >= 0.6 is 39.1 Å². The molecule has 2 rings (SSSR count). The maximum Gasteiger partial charge on any atom is 0.233 e. The van der Waals surface area contributed by atoms with Crippen molar-refractivity contribution in [2.75, 3.05) is 0 Å². The summed E-state index contributed by atoms with van der Waals surface area (Å²) in [7, 11) is 0. The molecule has 5 heteroatoms. The molecule has 1 aromatic carbocycles. The Morgan fingerprint density at radius 2 is 1.72 bits per heavy atom. The largest absolute Gasteiger partial charge is 0.438 e. The smallest absolute Gasteiger partial charge is 0.233 e. The molecule has 0 saturated carbocycles. The van der Waals surface area contributed by atoms with E-state index in [0.29, 0.717) is 21.1 Å². The van der Waals surface area contributed by atoms with Gasteiger partial charge in [-0.3, -0.25) is 0 Å². The van der Waals surface area contributed by atoms with Crippen LogP contribution in [0, 0.1) is 13.8 Å². The molecule has 1 heterocycles. The molecule has 18 heavy (non-hydrogen) atoms. The average molecular weight is 347 g/mol. The minimum absolute atomic E-state index is 0.473. The first-order chi connectivity index (χ1) is 8.47. The Morgan fingerprint density at radius 1 is 1.11 bits per heavy atom. The van der Waals surface area contributed by atoms with Crippen LogP contribution in [-0.2, 0) is 0 Å². The van der Waals surface area contributed by atoms with Crippen molar-refractivity contribution in [1.29, 1.82) is 0 Å². The van der Waals surface area contributed by atoms with Crippen molar-refractivity contribution in [1.82, 2.24) is 4.98 Å². The Balaban J connectivity index is 2.34. The quantitative estimate of drug-likeness (QED) is 0.710. The molecule has 0 fully saturated rings. The SMILES string of the molecule is Cc1cc(Oc2ncc(Cl)cc2Br)cc(C)c1Cl. The lowest BCUT2D eigenvalue weighted by Gasteiger charge is -2.10. The van der Waals surface area contributed by atoms with Gasteiger partial charge in [0.2, 0.25) is 5.88 Å². The predicted molar refractivity (Wildman–Crippen MR) is 77.9 cm³/mol. The second-order valence-electron chi connectivity index (χ2n) is 3.91. The Labute approximate surface area is 124 Å². The molecule has 0 aliphatic rings. The number of hydrogen-bond acceptors (Lipinski definition) is 2. The number of aryl methyl sites for hydroxylation is 2. The van der Waals surface area contributed by atoms with Gasteiger partial charge in [0.05, 0.1) is 9.50 Å². The minimum Gasteiger partial charge on any atom is -0.438 e. The summed E-state index contributed by atoms with van der Waals surface area (Å²) in [5, 5.41) is 1.31. The molecule has 0 radical (unpaired) electrons. The highest BCUT2D eigenvalue weighted by Crippen LogP contribution is 2.32. The summed E-state index contributed by atoms with van der Waals surface area (Å²) in [6.07, 6.45) is 1.54. The summed E-state index contributed by atoms with van der Waals surface area (Å²) in [5.41, 5.74) is 1.94. The molecule has 0 saturated heterocycles.